The van der Waals surface area contributed by atoms with E-state index in [9.17, 15) is 27.9 Å². The quantitative estimate of drug-likeness (QED) is 0.0591. The topological polar surface area (TPSA) is 119 Å². The van der Waals surface area contributed by atoms with Crippen LogP contribution in [0, 0.1) is 11.8 Å². The Kier molecular flexibility index (Phi) is 16.4. The third-order valence-electron chi connectivity index (χ3n) is 7.38. The Labute approximate surface area is 299 Å². The molecule has 0 saturated carbocycles. The molecule has 2 rings (SSSR count). The van der Waals surface area contributed by atoms with Crippen LogP contribution in [0.4, 0.5) is 13.2 Å². The summed E-state index contributed by atoms with van der Waals surface area (Å²) in [7, 11) is 3.80. The number of carbonyl (C=O) groups is 2. The summed E-state index contributed by atoms with van der Waals surface area (Å²) >= 11 is 0. The molecule has 3 N–H and O–H groups in total. The van der Waals surface area contributed by atoms with E-state index in [1.807, 2.05) is 5.32 Å². The third-order valence-corrected chi connectivity index (χ3v) is 17.8. The maximum atomic E-state index is 12.6. The molecule has 0 aromatic carbocycles. The summed E-state index contributed by atoms with van der Waals surface area (Å²) in [5.41, 5.74) is 0.117. The van der Waals surface area contributed by atoms with Crippen LogP contribution in [0.5, 0.6) is 0 Å². The summed E-state index contributed by atoms with van der Waals surface area (Å²) < 4.78 is 61.3. The molecular formula is C30H50F3N3O7S4Si. The van der Waals surface area contributed by atoms with Crippen LogP contribution in [0.25, 0.3) is 0 Å². The van der Waals surface area contributed by atoms with E-state index in [-0.39, 0.29) is 46.7 Å². The van der Waals surface area contributed by atoms with E-state index < -0.39 is 43.6 Å². The normalized spacial score (nSPS) is 22.6. The van der Waals surface area contributed by atoms with Crippen LogP contribution in [0.3, 0.4) is 0 Å². The fourth-order valence-electron chi connectivity index (χ4n) is 3.77. The van der Waals surface area contributed by atoms with Crippen molar-refractivity contribution >= 4 is 63.3 Å². The van der Waals surface area contributed by atoms with Crippen molar-refractivity contribution < 1.29 is 46.5 Å². The van der Waals surface area contributed by atoms with Crippen LogP contribution >= 0.6 is 43.2 Å². The van der Waals surface area contributed by atoms with Crippen molar-refractivity contribution in [3.05, 3.63) is 11.8 Å². The number of rotatable bonds is 15. The minimum Gasteiger partial charge on any atom is -0.414 e. The highest BCUT2D eigenvalue weighted by molar-refractivity contribution is 8.77. The number of hydrogen-bond donors (Lipinski definition) is 3. The largest absolute Gasteiger partial charge is 0.471 e. The van der Waals surface area contributed by atoms with Gasteiger partial charge in [0.25, 0.3) is 5.91 Å². The average Bonchev–Trinajstić information content (AvgIpc) is 3.34. The molecule has 2 aliphatic heterocycles. The second-order valence-corrected chi connectivity index (χ2v) is 25.1. The lowest BCUT2D eigenvalue weighted by Gasteiger charge is -2.37. The number of nitrogens with one attached hydrogen (secondary N) is 2. The minimum atomic E-state index is -4.93. The van der Waals surface area contributed by atoms with Gasteiger partial charge in [-0.15, -0.1) is 0 Å². The van der Waals surface area contributed by atoms with Crippen molar-refractivity contribution in [1.29, 1.82) is 0 Å². The molecule has 1 saturated heterocycles. The van der Waals surface area contributed by atoms with Crippen molar-refractivity contribution in [1.82, 2.24) is 15.5 Å². The van der Waals surface area contributed by atoms with E-state index in [1.54, 1.807) is 35.4 Å². The number of carbonyl (C=O) groups excluding carboxylic acids is 2. The van der Waals surface area contributed by atoms with Crippen molar-refractivity contribution in [2.45, 2.75) is 120 Å². The van der Waals surface area contributed by atoms with Crippen LogP contribution in [0.1, 0.15) is 61.8 Å². The molecule has 2 amide bonds. The first kappa shape index (κ1) is 43.4. The molecule has 10 nitrogen and oxygen atoms in total. The molecule has 2 unspecified atom stereocenters. The van der Waals surface area contributed by atoms with Crippen molar-refractivity contribution in [3.63, 3.8) is 0 Å². The lowest BCUT2D eigenvalue weighted by atomic mass is 10.1. The maximum absolute atomic E-state index is 12.6. The molecule has 2 aliphatic rings. The molecular weight excluding hydrogens is 728 g/mol. The molecule has 1 fully saturated rings. The smallest absolute Gasteiger partial charge is 0.414 e. The fourth-order valence-corrected chi connectivity index (χ4v) is 8.92. The zero-order chi connectivity index (χ0) is 36.6. The number of aliphatic hydroxyl groups excluding tert-OH is 1. The number of halogens is 3. The van der Waals surface area contributed by atoms with Crippen molar-refractivity contribution in [2.24, 2.45) is 0 Å². The Hall–Kier alpha value is -0.753. The van der Waals surface area contributed by atoms with E-state index in [0.717, 1.165) is 0 Å². The van der Waals surface area contributed by atoms with Gasteiger partial charge in [0.1, 0.15) is 36.4 Å². The summed E-state index contributed by atoms with van der Waals surface area (Å²) in [5.74, 6) is 3.66. The van der Waals surface area contributed by atoms with Gasteiger partial charge in [-0.3, -0.25) is 9.59 Å². The third kappa shape index (κ3) is 14.8. The predicted octanol–water partition coefficient (Wildman–Crippen LogP) is 6.05. The lowest BCUT2D eigenvalue weighted by molar-refractivity contribution is -0.173. The molecule has 276 valence electrons. The first-order valence-corrected chi connectivity index (χ1v) is 22.9. The van der Waals surface area contributed by atoms with Gasteiger partial charge >= 0.3 is 12.1 Å². The first-order chi connectivity index (χ1) is 21.9. The highest BCUT2D eigenvalue weighted by Gasteiger charge is 2.44. The standard InChI is InChI=1S/C30H50F3N3O7S4Si/c1-27(2,3)46-45-19-41-21-14-23(43-22(21)16-42-48(9,10)28(4,5)6)36-15-20(24(37)35-26(36)39)12-11-13-40-18-44-47-29(7,8)17-34-25(38)30(31,32)33/h15,21-23,26,39H,13-14,16-19H2,1-10H3,(H,34,38)(H,35,37)/t21?,22-,23-,26?/m1/s1. The molecule has 48 heavy (non-hydrogen) atoms. The number of alkyl halides is 3. The zero-order valence-corrected chi connectivity index (χ0v) is 33.5. The first-order valence-electron chi connectivity index (χ1n) is 15.3. The van der Waals surface area contributed by atoms with Crippen molar-refractivity contribution in [3.8, 4) is 11.8 Å². The molecule has 0 aromatic rings. The summed E-state index contributed by atoms with van der Waals surface area (Å²) in [4.78, 5) is 25.2. The molecule has 18 heteroatoms. The molecule has 2 heterocycles. The SMILES string of the molecule is CC(C)(C)SSCOC1C[C@H](N2C=C(C#CCOCSSC(C)(C)CNC(=O)C(F)(F)F)C(=O)NC2O)O[C@@H]1CO[Si](C)(C)C(C)(C)C. The second kappa shape index (κ2) is 18.1. The Bertz CT molecular complexity index is 1190. The second-order valence-electron chi connectivity index (χ2n) is 14.3. The molecule has 0 aromatic heterocycles. The van der Waals surface area contributed by atoms with Gasteiger partial charge in [0.15, 0.2) is 8.32 Å². The number of hydrogen-bond acceptors (Lipinski definition) is 12. The maximum Gasteiger partial charge on any atom is 0.471 e. The number of amides is 2. The van der Waals surface area contributed by atoms with Crippen LogP contribution in [-0.2, 0) is 28.2 Å². The van der Waals surface area contributed by atoms with E-state index in [1.165, 1.54) is 32.7 Å². The lowest BCUT2D eigenvalue weighted by Crippen LogP contribution is -2.53. The summed E-state index contributed by atoms with van der Waals surface area (Å²) in [6, 6.07) is 0. The molecule has 0 aliphatic carbocycles. The van der Waals surface area contributed by atoms with E-state index in [4.69, 9.17) is 18.6 Å². The Morgan fingerprint density at radius 2 is 1.77 bits per heavy atom. The van der Waals surface area contributed by atoms with Gasteiger partial charge in [0, 0.05) is 28.7 Å². The van der Waals surface area contributed by atoms with Crippen LogP contribution < -0.4 is 10.6 Å². The van der Waals surface area contributed by atoms with Gasteiger partial charge in [-0.1, -0.05) is 96.6 Å². The highest BCUT2D eigenvalue weighted by atomic mass is 33.1. The fraction of sp³-hybridized carbons (Fsp3) is 0.800. The van der Waals surface area contributed by atoms with E-state index >= 15 is 0 Å². The van der Waals surface area contributed by atoms with E-state index in [0.29, 0.717) is 19.0 Å². The number of nitrogens with zero attached hydrogens (tertiary/aromatic N) is 1. The van der Waals surface area contributed by atoms with Gasteiger partial charge in [-0.25, -0.2) is 0 Å². The van der Waals surface area contributed by atoms with Crippen LogP contribution in [0.15, 0.2) is 11.8 Å². The summed E-state index contributed by atoms with van der Waals surface area (Å²) in [5, 5.41) is 15.1. The Balaban J connectivity index is 1.99. The highest BCUT2D eigenvalue weighted by Crippen LogP contribution is 2.39. The zero-order valence-electron chi connectivity index (χ0n) is 29.2. The Morgan fingerprint density at radius 1 is 1.12 bits per heavy atom. The van der Waals surface area contributed by atoms with Crippen LogP contribution in [0.2, 0.25) is 18.1 Å². The molecule has 0 spiro atoms. The molecule has 0 bridgehead atoms. The molecule has 0 radical (unpaired) electrons. The van der Waals surface area contributed by atoms with Gasteiger partial charge in [0.05, 0.1) is 12.7 Å². The predicted molar refractivity (Wildman–Crippen MR) is 192 cm³/mol. The van der Waals surface area contributed by atoms with Gasteiger partial charge in [0.2, 0.25) is 6.35 Å². The van der Waals surface area contributed by atoms with Crippen LogP contribution in [-0.4, -0.2) is 102 Å². The van der Waals surface area contributed by atoms with Crippen molar-refractivity contribution in [2.75, 3.05) is 31.6 Å². The monoisotopic (exact) mass is 777 g/mol. The van der Waals surface area contributed by atoms with E-state index in [2.05, 4.69) is 71.8 Å². The Morgan fingerprint density at radius 3 is 2.38 bits per heavy atom. The van der Waals surface area contributed by atoms with Gasteiger partial charge in [-0.2, -0.15) is 13.2 Å². The summed E-state index contributed by atoms with van der Waals surface area (Å²) in [6.45, 7) is 20.8. The molecule has 4 atom stereocenters. The van der Waals surface area contributed by atoms with Gasteiger partial charge < -0.3 is 39.3 Å². The summed E-state index contributed by atoms with van der Waals surface area (Å²) in [6.07, 6.45) is -5.63. The number of aliphatic hydroxyl groups is 1. The minimum absolute atomic E-state index is 0.0147. The average molecular weight is 778 g/mol. The number of ether oxygens (including phenoxy) is 3. The van der Waals surface area contributed by atoms with Gasteiger partial charge in [-0.05, 0) is 32.0 Å².